The summed E-state index contributed by atoms with van der Waals surface area (Å²) in [6, 6.07) is 0. The van der Waals surface area contributed by atoms with E-state index in [4.69, 9.17) is 0 Å². The van der Waals surface area contributed by atoms with Gasteiger partial charge in [0.1, 0.15) is 0 Å². The summed E-state index contributed by atoms with van der Waals surface area (Å²) in [6.07, 6.45) is 2.52. The monoisotopic (exact) mass is 138 g/mol. The highest BCUT2D eigenvalue weighted by atomic mass is 16.1. The molecule has 2 atom stereocenters. The Kier molecular flexibility index (Phi) is 1.93. The molecule has 0 spiro atoms. The third kappa shape index (κ3) is 1.28. The van der Waals surface area contributed by atoms with Crippen molar-refractivity contribution in [2.75, 3.05) is 0 Å². The van der Waals surface area contributed by atoms with Crippen molar-refractivity contribution in [3.63, 3.8) is 0 Å². The summed E-state index contributed by atoms with van der Waals surface area (Å²) in [4.78, 5) is 11.0. The fourth-order valence-corrected chi connectivity index (χ4v) is 1.39. The number of hydrogen-bond donors (Lipinski definition) is 0. The highest BCUT2D eigenvalue weighted by Crippen LogP contribution is 2.27. The molecule has 0 saturated heterocycles. The average Bonchev–Trinajstić information content (AvgIpc) is 1.82. The molecule has 1 aliphatic carbocycles. The first-order valence-electron chi connectivity index (χ1n) is 3.82. The summed E-state index contributed by atoms with van der Waals surface area (Å²) in [6.45, 7) is 6.36. The van der Waals surface area contributed by atoms with Crippen molar-refractivity contribution in [1.82, 2.24) is 0 Å². The maximum Gasteiger partial charge on any atom is 0.155 e. The fraction of sp³-hybridized carbons (Fsp3) is 0.667. The zero-order chi connectivity index (χ0) is 7.72. The quantitative estimate of drug-likeness (QED) is 0.501. The van der Waals surface area contributed by atoms with E-state index in [1.807, 2.05) is 6.92 Å². The Balaban J connectivity index is 2.80. The minimum absolute atomic E-state index is 0.295. The smallest absolute Gasteiger partial charge is 0.155 e. The molecule has 0 saturated carbocycles. The Hall–Kier alpha value is -0.590. The first-order chi connectivity index (χ1) is 4.61. The lowest BCUT2D eigenvalue weighted by atomic mass is 9.81. The van der Waals surface area contributed by atoms with Crippen LogP contribution in [0.15, 0.2) is 11.6 Å². The number of carbonyl (C=O) groups excluding carboxylic acids is 1. The van der Waals surface area contributed by atoms with Crippen LogP contribution in [0.25, 0.3) is 0 Å². The van der Waals surface area contributed by atoms with Crippen molar-refractivity contribution in [2.45, 2.75) is 27.2 Å². The Morgan fingerprint density at radius 1 is 1.50 bits per heavy atom. The average molecular weight is 138 g/mol. The van der Waals surface area contributed by atoms with E-state index in [9.17, 15) is 4.79 Å². The van der Waals surface area contributed by atoms with E-state index in [0.717, 1.165) is 6.42 Å². The van der Waals surface area contributed by atoms with E-state index in [1.165, 1.54) is 5.57 Å². The van der Waals surface area contributed by atoms with Crippen LogP contribution in [0.3, 0.4) is 0 Å². The molecule has 0 aromatic rings. The molecule has 0 amide bonds. The van der Waals surface area contributed by atoms with Crippen molar-refractivity contribution in [3.8, 4) is 0 Å². The fourth-order valence-electron chi connectivity index (χ4n) is 1.39. The van der Waals surface area contributed by atoms with Gasteiger partial charge in [-0.3, -0.25) is 4.79 Å². The molecule has 56 valence electrons. The van der Waals surface area contributed by atoms with Crippen LogP contribution in [-0.4, -0.2) is 5.78 Å². The van der Waals surface area contributed by atoms with Crippen LogP contribution in [0, 0.1) is 11.8 Å². The van der Waals surface area contributed by atoms with Gasteiger partial charge in [0.15, 0.2) is 5.78 Å². The molecule has 1 nitrogen and oxygen atoms in total. The highest BCUT2D eigenvalue weighted by Gasteiger charge is 2.21. The normalized spacial score (nSPS) is 33.9. The van der Waals surface area contributed by atoms with Crippen molar-refractivity contribution < 1.29 is 4.79 Å². The van der Waals surface area contributed by atoms with Crippen LogP contribution in [0.4, 0.5) is 0 Å². The second-order valence-corrected chi connectivity index (χ2v) is 3.32. The topological polar surface area (TPSA) is 17.1 Å². The van der Waals surface area contributed by atoms with E-state index < -0.39 is 0 Å². The first kappa shape index (κ1) is 7.52. The summed E-state index contributed by atoms with van der Waals surface area (Å²) in [5.74, 6) is 1.43. The van der Waals surface area contributed by atoms with Crippen LogP contribution in [0.5, 0.6) is 0 Å². The van der Waals surface area contributed by atoms with Crippen molar-refractivity contribution >= 4 is 5.78 Å². The number of allylic oxidation sites excluding steroid dienone is 2. The number of rotatable bonds is 0. The molecule has 1 aliphatic rings. The van der Waals surface area contributed by atoms with Crippen LogP contribution >= 0.6 is 0 Å². The molecular weight excluding hydrogens is 124 g/mol. The Morgan fingerprint density at radius 2 is 2.10 bits per heavy atom. The number of carbonyl (C=O) groups is 1. The van der Waals surface area contributed by atoms with Crippen LogP contribution in [0.1, 0.15) is 27.2 Å². The van der Waals surface area contributed by atoms with Gasteiger partial charge in [-0.05, 0) is 24.8 Å². The second kappa shape index (κ2) is 2.57. The Labute approximate surface area is 62.1 Å². The van der Waals surface area contributed by atoms with E-state index in [-0.39, 0.29) is 0 Å². The molecule has 2 unspecified atom stereocenters. The van der Waals surface area contributed by atoms with E-state index in [1.54, 1.807) is 6.08 Å². The van der Waals surface area contributed by atoms with Crippen LogP contribution < -0.4 is 0 Å². The zero-order valence-corrected chi connectivity index (χ0v) is 6.85. The second-order valence-electron chi connectivity index (χ2n) is 3.32. The molecule has 0 heterocycles. The summed E-state index contributed by atoms with van der Waals surface area (Å²) in [5, 5.41) is 0. The predicted molar refractivity (Wildman–Crippen MR) is 41.7 cm³/mol. The lowest BCUT2D eigenvalue weighted by Crippen LogP contribution is -2.18. The lowest BCUT2D eigenvalue weighted by Gasteiger charge is -2.23. The SMILES string of the molecule is CC1=CC(=O)CC(C)C1C. The molecule has 0 aromatic carbocycles. The molecule has 0 fully saturated rings. The van der Waals surface area contributed by atoms with Gasteiger partial charge >= 0.3 is 0 Å². The van der Waals surface area contributed by atoms with E-state index in [2.05, 4.69) is 13.8 Å². The largest absolute Gasteiger partial charge is 0.295 e. The third-order valence-electron chi connectivity index (χ3n) is 2.48. The van der Waals surface area contributed by atoms with Gasteiger partial charge in [0.05, 0.1) is 0 Å². The molecule has 1 rings (SSSR count). The van der Waals surface area contributed by atoms with Gasteiger partial charge in [-0.1, -0.05) is 19.4 Å². The van der Waals surface area contributed by atoms with Gasteiger partial charge in [-0.25, -0.2) is 0 Å². The van der Waals surface area contributed by atoms with Gasteiger partial charge in [0.25, 0.3) is 0 Å². The molecule has 10 heavy (non-hydrogen) atoms. The third-order valence-corrected chi connectivity index (χ3v) is 2.48. The molecule has 1 heteroatoms. The molecule has 0 N–H and O–H groups in total. The molecule has 0 aromatic heterocycles. The summed E-state index contributed by atoms with van der Waals surface area (Å²) < 4.78 is 0. The van der Waals surface area contributed by atoms with Crippen molar-refractivity contribution in [3.05, 3.63) is 11.6 Å². The molecule has 0 bridgehead atoms. The highest BCUT2D eigenvalue weighted by molar-refractivity contribution is 5.91. The molecule has 0 radical (unpaired) electrons. The van der Waals surface area contributed by atoms with E-state index in [0.29, 0.717) is 17.6 Å². The van der Waals surface area contributed by atoms with Crippen molar-refractivity contribution in [2.24, 2.45) is 11.8 Å². The number of hydrogen-bond acceptors (Lipinski definition) is 1. The maximum absolute atomic E-state index is 11.0. The first-order valence-corrected chi connectivity index (χ1v) is 3.82. The van der Waals surface area contributed by atoms with Gasteiger partial charge in [-0.2, -0.15) is 0 Å². The lowest BCUT2D eigenvalue weighted by molar-refractivity contribution is -0.116. The standard InChI is InChI=1S/C9H14O/c1-6-4-9(10)5-7(2)8(6)3/h4,7-8H,5H2,1-3H3. The molecule has 0 aliphatic heterocycles. The minimum atomic E-state index is 0.295. The van der Waals surface area contributed by atoms with Gasteiger partial charge in [0, 0.05) is 6.42 Å². The van der Waals surface area contributed by atoms with E-state index >= 15 is 0 Å². The van der Waals surface area contributed by atoms with Gasteiger partial charge in [0.2, 0.25) is 0 Å². The summed E-state index contributed by atoms with van der Waals surface area (Å²) >= 11 is 0. The summed E-state index contributed by atoms with van der Waals surface area (Å²) in [7, 11) is 0. The Morgan fingerprint density at radius 3 is 2.60 bits per heavy atom. The van der Waals surface area contributed by atoms with Gasteiger partial charge in [-0.15, -0.1) is 0 Å². The van der Waals surface area contributed by atoms with Crippen molar-refractivity contribution in [1.29, 1.82) is 0 Å². The van der Waals surface area contributed by atoms with Crippen LogP contribution in [-0.2, 0) is 4.79 Å². The molecular formula is C9H14O. The summed E-state index contributed by atoms with van der Waals surface area (Å²) in [5.41, 5.74) is 1.24. The minimum Gasteiger partial charge on any atom is -0.295 e. The maximum atomic E-state index is 11.0. The Bertz CT molecular complexity index is 179. The predicted octanol–water partition coefficient (Wildman–Crippen LogP) is 2.18. The van der Waals surface area contributed by atoms with Crippen LogP contribution in [0.2, 0.25) is 0 Å². The zero-order valence-electron chi connectivity index (χ0n) is 6.85. The van der Waals surface area contributed by atoms with Gasteiger partial charge < -0.3 is 0 Å². The number of ketones is 1.